The molecule has 3 nitrogen and oxygen atoms in total. The summed E-state index contributed by atoms with van der Waals surface area (Å²) in [5, 5.41) is 2.89. The highest BCUT2D eigenvalue weighted by Gasteiger charge is 2.12. The molecule has 1 rings (SSSR count). The van der Waals surface area contributed by atoms with Gasteiger partial charge in [-0.1, -0.05) is 30.3 Å². The van der Waals surface area contributed by atoms with E-state index in [9.17, 15) is 4.79 Å². The van der Waals surface area contributed by atoms with Crippen molar-refractivity contribution < 1.29 is 4.79 Å². The predicted molar refractivity (Wildman–Crippen MR) is 70.8 cm³/mol. The van der Waals surface area contributed by atoms with Gasteiger partial charge in [-0.2, -0.15) is 0 Å². The molecule has 0 aliphatic rings. The molecule has 0 saturated carbocycles. The zero-order valence-corrected chi connectivity index (χ0v) is 10.6. The second-order valence-corrected chi connectivity index (χ2v) is 4.60. The Balaban J connectivity index is 2.46. The highest BCUT2D eigenvalue weighted by Crippen LogP contribution is 2.19. The number of nitrogens with one attached hydrogen (secondary N) is 1. The lowest BCUT2D eigenvalue weighted by Crippen LogP contribution is -2.30. The summed E-state index contributed by atoms with van der Waals surface area (Å²) in [6.45, 7) is 4.52. The van der Waals surface area contributed by atoms with Gasteiger partial charge in [0, 0.05) is 12.5 Å². The van der Waals surface area contributed by atoms with Crippen molar-refractivity contribution >= 4 is 5.91 Å². The quantitative estimate of drug-likeness (QED) is 0.791. The van der Waals surface area contributed by atoms with Crippen molar-refractivity contribution in [3.8, 4) is 0 Å². The third-order valence-electron chi connectivity index (χ3n) is 2.73. The SMILES string of the molecule is CC(C)NC(=O)CCC(CN)c1ccccc1. The third kappa shape index (κ3) is 5.00. The van der Waals surface area contributed by atoms with Gasteiger partial charge in [-0.05, 0) is 38.3 Å². The molecule has 0 heterocycles. The zero-order valence-electron chi connectivity index (χ0n) is 10.6. The summed E-state index contributed by atoms with van der Waals surface area (Å²) in [5.74, 6) is 0.378. The maximum absolute atomic E-state index is 11.6. The van der Waals surface area contributed by atoms with Gasteiger partial charge in [0.2, 0.25) is 5.91 Å². The number of carbonyl (C=O) groups is 1. The van der Waals surface area contributed by atoms with E-state index in [0.717, 1.165) is 6.42 Å². The lowest BCUT2D eigenvalue weighted by Gasteiger charge is -2.15. The van der Waals surface area contributed by atoms with Crippen molar-refractivity contribution in [3.05, 3.63) is 35.9 Å². The first-order valence-corrected chi connectivity index (χ1v) is 6.18. The molecular formula is C14H22N2O. The molecule has 0 aromatic heterocycles. The van der Waals surface area contributed by atoms with E-state index in [2.05, 4.69) is 17.4 Å². The maximum atomic E-state index is 11.6. The molecule has 0 saturated heterocycles. The zero-order chi connectivity index (χ0) is 12.7. The van der Waals surface area contributed by atoms with E-state index in [-0.39, 0.29) is 17.9 Å². The van der Waals surface area contributed by atoms with Crippen LogP contribution in [0.15, 0.2) is 30.3 Å². The molecule has 1 aromatic carbocycles. The summed E-state index contributed by atoms with van der Waals surface area (Å²) < 4.78 is 0. The maximum Gasteiger partial charge on any atom is 0.220 e. The molecule has 1 unspecified atom stereocenters. The van der Waals surface area contributed by atoms with Crippen LogP contribution < -0.4 is 11.1 Å². The Bertz CT molecular complexity index is 335. The molecule has 0 fully saturated rings. The lowest BCUT2D eigenvalue weighted by molar-refractivity contribution is -0.121. The van der Waals surface area contributed by atoms with Gasteiger partial charge in [-0.25, -0.2) is 0 Å². The van der Waals surface area contributed by atoms with E-state index in [1.165, 1.54) is 5.56 Å². The summed E-state index contributed by atoms with van der Waals surface area (Å²) in [5.41, 5.74) is 6.98. The molecule has 0 aliphatic heterocycles. The molecule has 0 radical (unpaired) electrons. The fourth-order valence-corrected chi connectivity index (χ4v) is 1.85. The van der Waals surface area contributed by atoms with Crippen LogP contribution in [0, 0.1) is 0 Å². The van der Waals surface area contributed by atoms with Crippen LogP contribution in [-0.4, -0.2) is 18.5 Å². The number of nitrogens with two attached hydrogens (primary N) is 1. The lowest BCUT2D eigenvalue weighted by atomic mass is 9.94. The van der Waals surface area contributed by atoms with Crippen LogP contribution in [0.4, 0.5) is 0 Å². The average Bonchev–Trinajstić information content (AvgIpc) is 2.30. The normalized spacial score (nSPS) is 12.5. The van der Waals surface area contributed by atoms with Gasteiger partial charge in [-0.15, -0.1) is 0 Å². The van der Waals surface area contributed by atoms with Crippen LogP contribution >= 0.6 is 0 Å². The van der Waals surface area contributed by atoms with E-state index in [1.807, 2.05) is 32.0 Å². The van der Waals surface area contributed by atoms with Crippen molar-refractivity contribution in [1.82, 2.24) is 5.32 Å². The molecule has 1 aromatic rings. The molecule has 0 spiro atoms. The van der Waals surface area contributed by atoms with Gasteiger partial charge in [0.15, 0.2) is 0 Å². The fraction of sp³-hybridized carbons (Fsp3) is 0.500. The van der Waals surface area contributed by atoms with Gasteiger partial charge >= 0.3 is 0 Å². The van der Waals surface area contributed by atoms with Gasteiger partial charge < -0.3 is 11.1 Å². The van der Waals surface area contributed by atoms with Gasteiger partial charge in [0.25, 0.3) is 0 Å². The molecule has 1 atom stereocenters. The number of rotatable bonds is 6. The van der Waals surface area contributed by atoms with Crippen molar-refractivity contribution in [1.29, 1.82) is 0 Å². The Morgan fingerprint density at radius 3 is 2.47 bits per heavy atom. The van der Waals surface area contributed by atoms with Crippen LogP contribution in [0.1, 0.15) is 38.2 Å². The van der Waals surface area contributed by atoms with Crippen LogP contribution in [0.5, 0.6) is 0 Å². The largest absolute Gasteiger partial charge is 0.354 e. The predicted octanol–water partition coefficient (Wildman–Crippen LogP) is 2.03. The van der Waals surface area contributed by atoms with Gasteiger partial charge in [0.1, 0.15) is 0 Å². The van der Waals surface area contributed by atoms with Crippen molar-refractivity contribution in [3.63, 3.8) is 0 Å². The third-order valence-corrected chi connectivity index (χ3v) is 2.73. The average molecular weight is 234 g/mol. The number of amides is 1. The van der Waals surface area contributed by atoms with E-state index < -0.39 is 0 Å². The molecule has 94 valence electrons. The minimum Gasteiger partial charge on any atom is -0.354 e. The standard InChI is InChI=1S/C14H22N2O/c1-11(2)16-14(17)9-8-13(10-15)12-6-4-3-5-7-12/h3-7,11,13H,8-10,15H2,1-2H3,(H,16,17). The number of carbonyl (C=O) groups excluding carboxylic acids is 1. The molecule has 3 heteroatoms. The Labute approximate surface area is 103 Å². The van der Waals surface area contributed by atoms with Crippen molar-refractivity contribution in [2.45, 2.75) is 38.6 Å². The molecule has 3 N–H and O–H groups in total. The van der Waals surface area contributed by atoms with Gasteiger partial charge in [0.05, 0.1) is 0 Å². The van der Waals surface area contributed by atoms with E-state index in [4.69, 9.17) is 5.73 Å². The minimum atomic E-state index is 0.106. The summed E-state index contributed by atoms with van der Waals surface area (Å²) >= 11 is 0. The first-order chi connectivity index (χ1) is 8.13. The summed E-state index contributed by atoms with van der Waals surface area (Å²) in [7, 11) is 0. The van der Waals surface area contributed by atoms with Gasteiger partial charge in [-0.3, -0.25) is 4.79 Å². The van der Waals surface area contributed by atoms with Crippen LogP contribution in [0.3, 0.4) is 0 Å². The molecule has 17 heavy (non-hydrogen) atoms. The minimum absolute atomic E-state index is 0.106. The Hall–Kier alpha value is -1.35. The van der Waals surface area contributed by atoms with E-state index >= 15 is 0 Å². The highest BCUT2D eigenvalue weighted by molar-refractivity contribution is 5.76. The number of benzene rings is 1. The molecule has 0 bridgehead atoms. The van der Waals surface area contributed by atoms with Crippen LogP contribution in [-0.2, 0) is 4.79 Å². The van der Waals surface area contributed by atoms with E-state index in [0.29, 0.717) is 13.0 Å². The van der Waals surface area contributed by atoms with E-state index in [1.54, 1.807) is 0 Å². The Morgan fingerprint density at radius 2 is 1.94 bits per heavy atom. The Kier molecular flexibility index (Phi) is 5.70. The molecule has 0 aliphatic carbocycles. The second kappa shape index (κ2) is 7.07. The van der Waals surface area contributed by atoms with Crippen LogP contribution in [0.2, 0.25) is 0 Å². The topological polar surface area (TPSA) is 55.1 Å². The van der Waals surface area contributed by atoms with Crippen LogP contribution in [0.25, 0.3) is 0 Å². The molecular weight excluding hydrogens is 212 g/mol. The first-order valence-electron chi connectivity index (χ1n) is 6.18. The van der Waals surface area contributed by atoms with Crippen molar-refractivity contribution in [2.75, 3.05) is 6.54 Å². The van der Waals surface area contributed by atoms with Crippen molar-refractivity contribution in [2.24, 2.45) is 5.73 Å². The second-order valence-electron chi connectivity index (χ2n) is 4.60. The Morgan fingerprint density at radius 1 is 1.29 bits per heavy atom. The smallest absolute Gasteiger partial charge is 0.220 e. The first kappa shape index (κ1) is 13.7. The number of hydrogen-bond donors (Lipinski definition) is 2. The molecule has 1 amide bonds. The highest BCUT2D eigenvalue weighted by atomic mass is 16.1. The summed E-state index contributed by atoms with van der Waals surface area (Å²) in [4.78, 5) is 11.6. The summed E-state index contributed by atoms with van der Waals surface area (Å²) in [6, 6.07) is 10.3. The summed E-state index contributed by atoms with van der Waals surface area (Å²) in [6.07, 6.45) is 1.34. The monoisotopic (exact) mass is 234 g/mol. The fourth-order valence-electron chi connectivity index (χ4n) is 1.85. The number of hydrogen-bond acceptors (Lipinski definition) is 2.